The van der Waals surface area contributed by atoms with Crippen molar-refractivity contribution in [3.8, 4) is 0 Å². The predicted molar refractivity (Wildman–Crippen MR) is 53.1 cm³/mol. The van der Waals surface area contributed by atoms with Gasteiger partial charge in [0.2, 0.25) is 0 Å². The Morgan fingerprint density at radius 3 is 2.57 bits per heavy atom. The van der Waals surface area contributed by atoms with E-state index in [0.717, 1.165) is 12.1 Å². The molecule has 0 atom stereocenters. The summed E-state index contributed by atoms with van der Waals surface area (Å²) in [5.41, 5.74) is 0.362. The molecule has 0 heterocycles. The predicted octanol–water partition coefficient (Wildman–Crippen LogP) is 3.23. The molecule has 0 radical (unpaired) electrons. The lowest BCUT2D eigenvalue weighted by atomic mass is 10.2. The number of carbonyl (C=O) groups is 1. The van der Waals surface area contributed by atoms with Crippen LogP contribution in [0, 0.1) is 5.82 Å². The monoisotopic (exact) mass is 234 g/mol. The van der Waals surface area contributed by atoms with E-state index in [0.29, 0.717) is 5.56 Å². The van der Waals surface area contributed by atoms with Gasteiger partial charge in [-0.15, -0.1) is 0 Å². The van der Waals surface area contributed by atoms with Gasteiger partial charge in [0, 0.05) is 6.08 Å². The number of carboxylic acid groups (broad SMARTS) is 1. The first-order chi connectivity index (χ1) is 6.50. The lowest BCUT2D eigenvalue weighted by molar-refractivity contribution is -0.131. The van der Waals surface area contributed by atoms with Crippen LogP contribution in [-0.4, -0.2) is 11.1 Å². The molecule has 14 heavy (non-hydrogen) atoms. The lowest BCUT2D eigenvalue weighted by Crippen LogP contribution is -1.87. The van der Waals surface area contributed by atoms with Gasteiger partial charge < -0.3 is 5.11 Å². The van der Waals surface area contributed by atoms with Crippen LogP contribution in [0.25, 0.3) is 6.08 Å². The molecule has 0 unspecified atom stereocenters. The van der Waals surface area contributed by atoms with Crippen molar-refractivity contribution in [2.45, 2.75) is 0 Å². The summed E-state index contributed by atoms with van der Waals surface area (Å²) in [6.45, 7) is 0. The van der Waals surface area contributed by atoms with Gasteiger partial charge in [-0.05, 0) is 23.8 Å². The van der Waals surface area contributed by atoms with Crippen LogP contribution in [0.15, 0.2) is 18.2 Å². The molecule has 74 valence electrons. The average Bonchev–Trinajstić information content (AvgIpc) is 2.09. The van der Waals surface area contributed by atoms with Gasteiger partial charge in [0.25, 0.3) is 0 Å². The van der Waals surface area contributed by atoms with Crippen molar-refractivity contribution in [2.24, 2.45) is 0 Å². The Morgan fingerprint density at radius 2 is 2.00 bits per heavy atom. The summed E-state index contributed by atoms with van der Waals surface area (Å²) in [6, 6.07) is 2.30. The summed E-state index contributed by atoms with van der Waals surface area (Å²) in [7, 11) is 0. The molecule has 0 aliphatic carbocycles. The van der Waals surface area contributed by atoms with Crippen LogP contribution in [-0.2, 0) is 4.79 Å². The molecule has 0 aliphatic rings. The number of carboxylic acids is 1. The molecule has 0 aromatic heterocycles. The van der Waals surface area contributed by atoms with Crippen LogP contribution in [0.3, 0.4) is 0 Å². The second-order valence-electron chi connectivity index (χ2n) is 2.46. The zero-order valence-corrected chi connectivity index (χ0v) is 8.31. The molecule has 0 bridgehead atoms. The second kappa shape index (κ2) is 4.44. The molecule has 1 aromatic rings. The molecule has 0 fully saturated rings. The van der Waals surface area contributed by atoms with E-state index in [-0.39, 0.29) is 10.0 Å². The molecule has 0 spiro atoms. The summed E-state index contributed by atoms with van der Waals surface area (Å²) >= 11 is 11.1. The van der Waals surface area contributed by atoms with Crippen LogP contribution < -0.4 is 0 Å². The van der Waals surface area contributed by atoms with Gasteiger partial charge in [-0.1, -0.05) is 23.2 Å². The maximum absolute atomic E-state index is 12.8. The van der Waals surface area contributed by atoms with Crippen molar-refractivity contribution in [1.82, 2.24) is 0 Å². The van der Waals surface area contributed by atoms with Crippen molar-refractivity contribution >= 4 is 35.2 Å². The maximum Gasteiger partial charge on any atom is 0.328 e. The van der Waals surface area contributed by atoms with E-state index >= 15 is 0 Å². The third kappa shape index (κ3) is 2.72. The molecule has 0 saturated heterocycles. The van der Waals surface area contributed by atoms with E-state index in [9.17, 15) is 9.18 Å². The largest absolute Gasteiger partial charge is 0.478 e. The Balaban J connectivity index is 3.10. The average molecular weight is 235 g/mol. The fraction of sp³-hybridized carbons (Fsp3) is 0. The summed E-state index contributed by atoms with van der Waals surface area (Å²) in [6.07, 6.45) is 2.14. The number of benzene rings is 1. The topological polar surface area (TPSA) is 37.3 Å². The highest BCUT2D eigenvalue weighted by atomic mass is 35.5. The van der Waals surface area contributed by atoms with Gasteiger partial charge in [0.05, 0.1) is 10.0 Å². The third-order valence-corrected chi connectivity index (χ3v) is 2.06. The van der Waals surface area contributed by atoms with Crippen molar-refractivity contribution in [2.75, 3.05) is 0 Å². The first kappa shape index (κ1) is 11.0. The SMILES string of the molecule is O=C(O)/C=C/c1cc(Cl)c(F)cc1Cl. The number of hydrogen-bond donors (Lipinski definition) is 1. The Hall–Kier alpha value is -1.06. The third-order valence-electron chi connectivity index (χ3n) is 1.45. The van der Waals surface area contributed by atoms with E-state index in [1.54, 1.807) is 0 Å². The smallest absolute Gasteiger partial charge is 0.328 e. The van der Waals surface area contributed by atoms with Crippen molar-refractivity contribution in [3.05, 3.63) is 39.6 Å². The highest BCUT2D eigenvalue weighted by Gasteiger charge is 2.04. The zero-order valence-electron chi connectivity index (χ0n) is 6.80. The minimum Gasteiger partial charge on any atom is -0.478 e. The van der Waals surface area contributed by atoms with E-state index in [4.69, 9.17) is 28.3 Å². The van der Waals surface area contributed by atoms with Crippen LogP contribution in [0.2, 0.25) is 10.0 Å². The lowest BCUT2D eigenvalue weighted by Gasteiger charge is -1.99. The maximum atomic E-state index is 12.8. The van der Waals surface area contributed by atoms with Gasteiger partial charge in [-0.25, -0.2) is 9.18 Å². The molecule has 0 amide bonds. The highest BCUT2D eigenvalue weighted by Crippen LogP contribution is 2.24. The molecular weight excluding hydrogens is 230 g/mol. The minimum absolute atomic E-state index is 0.0977. The Kier molecular flexibility index (Phi) is 3.49. The summed E-state index contributed by atoms with van der Waals surface area (Å²) < 4.78 is 12.8. The summed E-state index contributed by atoms with van der Waals surface area (Å²) in [4.78, 5) is 10.2. The summed E-state index contributed by atoms with van der Waals surface area (Å²) in [5.74, 6) is -1.74. The van der Waals surface area contributed by atoms with Crippen LogP contribution >= 0.6 is 23.2 Å². The van der Waals surface area contributed by atoms with E-state index < -0.39 is 11.8 Å². The van der Waals surface area contributed by atoms with Crippen LogP contribution in [0.4, 0.5) is 4.39 Å². The number of halogens is 3. The van der Waals surface area contributed by atoms with Gasteiger partial charge in [0.15, 0.2) is 0 Å². The number of aliphatic carboxylic acids is 1. The van der Waals surface area contributed by atoms with Crippen LogP contribution in [0.5, 0.6) is 0 Å². The first-order valence-electron chi connectivity index (χ1n) is 3.56. The van der Waals surface area contributed by atoms with Gasteiger partial charge >= 0.3 is 5.97 Å². The van der Waals surface area contributed by atoms with Gasteiger partial charge in [-0.3, -0.25) is 0 Å². The standard InChI is InChI=1S/C9H5Cl2FO2/c10-6-4-8(12)7(11)3-5(6)1-2-9(13)14/h1-4H,(H,13,14)/b2-1+. The van der Waals surface area contributed by atoms with E-state index in [2.05, 4.69) is 0 Å². The Labute approximate surface area is 89.6 Å². The van der Waals surface area contributed by atoms with Crippen molar-refractivity contribution in [1.29, 1.82) is 0 Å². The fourth-order valence-corrected chi connectivity index (χ4v) is 1.21. The molecule has 1 rings (SSSR count). The Bertz CT molecular complexity index is 402. The molecular formula is C9H5Cl2FO2. The molecule has 0 aliphatic heterocycles. The number of rotatable bonds is 2. The van der Waals surface area contributed by atoms with Gasteiger partial charge in [-0.2, -0.15) is 0 Å². The zero-order chi connectivity index (χ0) is 10.7. The molecule has 1 N–H and O–H groups in total. The van der Waals surface area contributed by atoms with Gasteiger partial charge in [0.1, 0.15) is 5.82 Å². The second-order valence-corrected chi connectivity index (χ2v) is 3.27. The van der Waals surface area contributed by atoms with Crippen molar-refractivity contribution < 1.29 is 14.3 Å². The van der Waals surface area contributed by atoms with Crippen molar-refractivity contribution in [3.63, 3.8) is 0 Å². The molecule has 0 saturated carbocycles. The quantitative estimate of drug-likeness (QED) is 0.631. The number of hydrogen-bond acceptors (Lipinski definition) is 1. The summed E-state index contributed by atoms with van der Waals surface area (Å²) in [5, 5.41) is 8.37. The first-order valence-corrected chi connectivity index (χ1v) is 4.32. The van der Waals surface area contributed by atoms with Crippen LogP contribution in [0.1, 0.15) is 5.56 Å². The van der Waals surface area contributed by atoms with E-state index in [1.807, 2.05) is 0 Å². The highest BCUT2D eigenvalue weighted by molar-refractivity contribution is 6.34. The fourth-order valence-electron chi connectivity index (χ4n) is 0.827. The normalized spacial score (nSPS) is 10.8. The van der Waals surface area contributed by atoms with E-state index in [1.165, 1.54) is 12.1 Å². The Morgan fingerprint density at radius 1 is 1.36 bits per heavy atom. The minimum atomic E-state index is -1.11. The molecule has 2 nitrogen and oxygen atoms in total. The molecule has 5 heteroatoms. The molecule has 1 aromatic carbocycles.